The van der Waals surface area contributed by atoms with Gasteiger partial charge < -0.3 is 0 Å². The maximum absolute atomic E-state index is 12.5. The summed E-state index contributed by atoms with van der Waals surface area (Å²) in [7, 11) is 5.85. The lowest BCUT2D eigenvalue weighted by Crippen LogP contribution is -2.30. The van der Waals surface area contributed by atoms with E-state index in [4.69, 9.17) is 7.85 Å². The van der Waals surface area contributed by atoms with Crippen molar-refractivity contribution in [2.24, 2.45) is 5.92 Å². The molecule has 1 heterocycles. The molecule has 2 rings (SSSR count). The lowest BCUT2D eigenvalue weighted by molar-refractivity contribution is -0.122. The summed E-state index contributed by atoms with van der Waals surface area (Å²) in [5, 5.41) is 0. The molecule has 4 heteroatoms. The third-order valence-electron chi connectivity index (χ3n) is 4.59. The molecular formula is C19H26BNO2. The highest BCUT2D eigenvalue weighted by Crippen LogP contribution is 2.31. The van der Waals surface area contributed by atoms with E-state index in [2.05, 4.69) is 13.8 Å². The summed E-state index contributed by atoms with van der Waals surface area (Å²) < 4.78 is 0. The first-order valence-electron chi connectivity index (χ1n) is 8.66. The van der Waals surface area contributed by atoms with Gasteiger partial charge in [0, 0.05) is 12.3 Å². The first kappa shape index (κ1) is 17.8. The Hall–Kier alpha value is -1.58. The van der Waals surface area contributed by atoms with E-state index in [1.807, 2.05) is 31.2 Å². The van der Waals surface area contributed by atoms with Gasteiger partial charge in [-0.3, -0.25) is 14.5 Å². The summed E-state index contributed by atoms with van der Waals surface area (Å²) >= 11 is 0. The van der Waals surface area contributed by atoms with Gasteiger partial charge in [0.15, 0.2) is 0 Å². The number of carbonyl (C=O) groups is 2. The molecule has 0 aliphatic carbocycles. The second kappa shape index (κ2) is 7.80. The van der Waals surface area contributed by atoms with Gasteiger partial charge in [-0.25, -0.2) is 0 Å². The zero-order valence-electron chi connectivity index (χ0n) is 14.4. The van der Waals surface area contributed by atoms with Gasteiger partial charge in [-0.15, -0.1) is 0 Å². The maximum Gasteiger partial charge on any atom is 0.237 e. The van der Waals surface area contributed by atoms with E-state index in [0.717, 1.165) is 25.7 Å². The van der Waals surface area contributed by atoms with Crippen LogP contribution in [0.15, 0.2) is 24.3 Å². The van der Waals surface area contributed by atoms with Gasteiger partial charge in [-0.1, -0.05) is 58.0 Å². The van der Waals surface area contributed by atoms with Gasteiger partial charge in [-0.05, 0) is 30.0 Å². The maximum atomic E-state index is 12.5. The predicted molar refractivity (Wildman–Crippen MR) is 94.8 cm³/mol. The zero-order valence-corrected chi connectivity index (χ0v) is 14.4. The Morgan fingerprint density at radius 2 is 1.87 bits per heavy atom. The molecule has 3 unspecified atom stereocenters. The van der Waals surface area contributed by atoms with Crippen molar-refractivity contribution >= 4 is 25.3 Å². The standard InChI is InChI=1S/C19H26BNO2/c1-4-5-6-16-12-18(22)21(19(16)23)17-9-7-15(8-10-17)13(2)11-14(3)20/h7-10,13-14,16H,4-6,11-12H2,1-3H3. The minimum Gasteiger partial charge on any atom is -0.274 e. The number of benzene rings is 1. The highest BCUT2D eigenvalue weighted by Gasteiger charge is 2.38. The minimum atomic E-state index is -0.140. The van der Waals surface area contributed by atoms with Crippen LogP contribution in [0.2, 0.25) is 5.82 Å². The number of amides is 2. The van der Waals surface area contributed by atoms with Gasteiger partial charge in [0.2, 0.25) is 11.8 Å². The molecule has 2 amide bonds. The highest BCUT2D eigenvalue weighted by molar-refractivity contribution is 6.20. The number of hydrogen-bond donors (Lipinski definition) is 0. The lowest BCUT2D eigenvalue weighted by Gasteiger charge is -2.18. The van der Waals surface area contributed by atoms with E-state index in [-0.39, 0.29) is 23.5 Å². The summed E-state index contributed by atoms with van der Waals surface area (Å²) in [5.74, 6) is 0.267. The molecule has 0 N–H and O–H groups in total. The second-order valence-corrected chi connectivity index (χ2v) is 6.82. The van der Waals surface area contributed by atoms with Gasteiger partial charge in [0.05, 0.1) is 13.5 Å². The monoisotopic (exact) mass is 311 g/mol. The molecule has 0 bridgehead atoms. The van der Waals surface area contributed by atoms with E-state index in [9.17, 15) is 9.59 Å². The second-order valence-electron chi connectivity index (χ2n) is 6.82. The molecule has 1 aromatic rings. The molecule has 0 spiro atoms. The van der Waals surface area contributed by atoms with Gasteiger partial charge in [0.1, 0.15) is 0 Å². The van der Waals surface area contributed by atoms with Crippen LogP contribution in [-0.2, 0) is 9.59 Å². The van der Waals surface area contributed by atoms with Gasteiger partial charge >= 0.3 is 0 Å². The molecule has 23 heavy (non-hydrogen) atoms. The zero-order chi connectivity index (χ0) is 17.0. The van der Waals surface area contributed by atoms with Crippen LogP contribution < -0.4 is 4.90 Å². The third-order valence-corrected chi connectivity index (χ3v) is 4.59. The fourth-order valence-electron chi connectivity index (χ4n) is 3.29. The summed E-state index contributed by atoms with van der Waals surface area (Å²) in [5.41, 5.74) is 1.88. The summed E-state index contributed by atoms with van der Waals surface area (Å²) in [4.78, 5) is 26.0. The predicted octanol–water partition coefficient (Wildman–Crippen LogP) is 4.23. The van der Waals surface area contributed by atoms with E-state index >= 15 is 0 Å². The molecule has 1 saturated heterocycles. The largest absolute Gasteiger partial charge is 0.274 e. The Kier molecular flexibility index (Phi) is 6.03. The van der Waals surface area contributed by atoms with E-state index in [0.29, 0.717) is 18.0 Å². The van der Waals surface area contributed by atoms with Gasteiger partial charge in [-0.2, -0.15) is 0 Å². The lowest BCUT2D eigenvalue weighted by atomic mass is 9.80. The summed E-state index contributed by atoms with van der Waals surface area (Å²) in [6.07, 6.45) is 4.11. The van der Waals surface area contributed by atoms with Crippen molar-refractivity contribution in [1.82, 2.24) is 0 Å². The number of unbranched alkanes of at least 4 members (excludes halogenated alkanes) is 1. The van der Waals surface area contributed by atoms with E-state index in [1.54, 1.807) is 0 Å². The van der Waals surface area contributed by atoms with Crippen LogP contribution in [0.25, 0.3) is 0 Å². The number of rotatable bonds is 7. The molecule has 1 aliphatic heterocycles. The fourth-order valence-corrected chi connectivity index (χ4v) is 3.29. The van der Waals surface area contributed by atoms with Crippen molar-refractivity contribution < 1.29 is 9.59 Å². The normalized spacial score (nSPS) is 20.8. The van der Waals surface area contributed by atoms with Crippen molar-refractivity contribution in [3.63, 3.8) is 0 Å². The third kappa shape index (κ3) is 4.24. The topological polar surface area (TPSA) is 37.4 Å². The number of anilines is 1. The van der Waals surface area contributed by atoms with Crippen LogP contribution in [0.4, 0.5) is 5.69 Å². The first-order chi connectivity index (χ1) is 10.9. The van der Waals surface area contributed by atoms with Crippen LogP contribution in [-0.4, -0.2) is 19.7 Å². The highest BCUT2D eigenvalue weighted by atomic mass is 16.2. The van der Waals surface area contributed by atoms with Crippen LogP contribution in [0.3, 0.4) is 0 Å². The molecule has 3 atom stereocenters. The van der Waals surface area contributed by atoms with Crippen molar-refractivity contribution in [1.29, 1.82) is 0 Å². The van der Waals surface area contributed by atoms with E-state index < -0.39 is 0 Å². The van der Waals surface area contributed by atoms with Crippen molar-refractivity contribution in [3.05, 3.63) is 29.8 Å². The van der Waals surface area contributed by atoms with Crippen molar-refractivity contribution in [2.45, 2.75) is 64.6 Å². The summed E-state index contributed by atoms with van der Waals surface area (Å²) in [6.45, 7) is 6.25. The van der Waals surface area contributed by atoms with Gasteiger partial charge in [0.25, 0.3) is 0 Å². The van der Waals surface area contributed by atoms with E-state index in [1.165, 1.54) is 10.5 Å². The average Bonchev–Trinajstić information content (AvgIpc) is 2.79. The Balaban J connectivity index is 2.10. The Morgan fingerprint density at radius 1 is 1.22 bits per heavy atom. The smallest absolute Gasteiger partial charge is 0.237 e. The average molecular weight is 311 g/mol. The Morgan fingerprint density at radius 3 is 2.43 bits per heavy atom. The van der Waals surface area contributed by atoms with Crippen LogP contribution in [0.5, 0.6) is 0 Å². The Bertz CT molecular complexity index is 553. The quantitative estimate of drug-likeness (QED) is 0.558. The number of nitrogens with zero attached hydrogens (tertiary/aromatic N) is 1. The number of imide groups is 1. The molecule has 1 aromatic carbocycles. The Labute approximate surface area is 140 Å². The molecule has 2 radical (unpaired) electrons. The van der Waals surface area contributed by atoms with Crippen molar-refractivity contribution in [2.75, 3.05) is 4.90 Å². The molecule has 0 aromatic heterocycles. The molecule has 0 saturated carbocycles. The fraction of sp³-hybridized carbons (Fsp3) is 0.579. The molecule has 1 aliphatic rings. The van der Waals surface area contributed by atoms with Crippen LogP contribution >= 0.6 is 0 Å². The number of carbonyl (C=O) groups excluding carboxylic acids is 2. The molecule has 1 fully saturated rings. The van der Waals surface area contributed by atoms with Crippen LogP contribution in [0, 0.1) is 5.92 Å². The summed E-state index contributed by atoms with van der Waals surface area (Å²) in [6, 6.07) is 7.76. The SMILES string of the molecule is [B]C(C)CC(C)c1ccc(N2C(=O)CC(CCCC)C2=O)cc1. The van der Waals surface area contributed by atoms with Crippen molar-refractivity contribution in [3.8, 4) is 0 Å². The molecule has 122 valence electrons. The van der Waals surface area contributed by atoms with Crippen LogP contribution in [0.1, 0.15) is 64.4 Å². The first-order valence-corrected chi connectivity index (χ1v) is 8.66. The molecular weight excluding hydrogens is 285 g/mol. The molecule has 3 nitrogen and oxygen atoms in total. The minimum absolute atomic E-state index is 0.0418. The number of hydrogen-bond acceptors (Lipinski definition) is 2.